The molecule has 1 aliphatic rings. The largest absolute Gasteiger partial charge is 0.480 e. The Bertz CT molecular complexity index is 546. The minimum absolute atomic E-state index is 0.226. The van der Waals surface area contributed by atoms with Gasteiger partial charge in [-0.05, 0) is 13.8 Å². The molecule has 0 fully saturated rings. The third kappa shape index (κ3) is 2.98. The monoisotopic (exact) mass is 278 g/mol. The number of hydrogen-bond donors (Lipinski definition) is 3. The highest BCUT2D eigenvalue weighted by atomic mass is 16.4. The zero-order valence-corrected chi connectivity index (χ0v) is 11.5. The number of aliphatic carboxylic acids is 1. The number of allylic oxidation sites excluding steroid dienone is 1. The third-order valence-electron chi connectivity index (χ3n) is 3.21. The Morgan fingerprint density at radius 2 is 2.35 bits per heavy atom. The molecule has 0 bridgehead atoms. The minimum Gasteiger partial charge on any atom is -0.480 e. The van der Waals surface area contributed by atoms with E-state index in [0.29, 0.717) is 12.2 Å². The maximum atomic E-state index is 12.1. The van der Waals surface area contributed by atoms with Crippen LogP contribution in [0.15, 0.2) is 18.0 Å². The number of fused-ring (bicyclic) bond motifs is 1. The first-order chi connectivity index (χ1) is 9.49. The van der Waals surface area contributed by atoms with Gasteiger partial charge in [0.2, 0.25) is 0 Å². The molecule has 3 N–H and O–H groups in total. The molecule has 108 valence electrons. The number of carboxylic acid groups (broad SMARTS) is 1. The Morgan fingerprint density at radius 3 is 3.00 bits per heavy atom. The fourth-order valence-electron chi connectivity index (χ4n) is 2.11. The van der Waals surface area contributed by atoms with E-state index in [-0.39, 0.29) is 19.0 Å². The van der Waals surface area contributed by atoms with Crippen molar-refractivity contribution in [2.75, 3.05) is 6.54 Å². The maximum Gasteiger partial charge on any atom is 0.326 e. The van der Waals surface area contributed by atoms with Crippen LogP contribution in [0.25, 0.3) is 0 Å². The molecule has 0 spiro atoms. The highest BCUT2D eigenvalue weighted by Crippen LogP contribution is 2.20. The number of nitrogens with zero attached hydrogens (tertiary/aromatic N) is 2. The maximum absolute atomic E-state index is 12.1. The van der Waals surface area contributed by atoms with Crippen LogP contribution in [0.5, 0.6) is 0 Å². The predicted molar refractivity (Wildman–Crippen MR) is 72.1 cm³/mol. The molecular formula is C13H18N4O3. The van der Waals surface area contributed by atoms with Gasteiger partial charge in [0.15, 0.2) is 0 Å². The van der Waals surface area contributed by atoms with Gasteiger partial charge >= 0.3 is 12.0 Å². The highest BCUT2D eigenvalue weighted by molar-refractivity contribution is 5.83. The van der Waals surface area contributed by atoms with Crippen LogP contribution in [0.3, 0.4) is 0 Å². The molecule has 0 saturated carbocycles. The van der Waals surface area contributed by atoms with Crippen LogP contribution in [0.2, 0.25) is 0 Å². The van der Waals surface area contributed by atoms with Crippen LogP contribution in [0.4, 0.5) is 4.79 Å². The van der Waals surface area contributed by atoms with Crippen molar-refractivity contribution in [2.45, 2.75) is 32.9 Å². The molecule has 2 amide bonds. The minimum atomic E-state index is -1.02. The summed E-state index contributed by atoms with van der Waals surface area (Å²) in [6.07, 6.45) is 3.62. The smallest absolute Gasteiger partial charge is 0.326 e. The molecule has 7 nitrogen and oxygen atoms in total. The second kappa shape index (κ2) is 5.77. The van der Waals surface area contributed by atoms with E-state index in [1.54, 1.807) is 0 Å². The molecule has 0 aliphatic carbocycles. The molecule has 1 unspecified atom stereocenters. The fraction of sp³-hybridized carbons (Fsp3) is 0.462. The topological polar surface area (TPSA) is 98.3 Å². The Balaban J connectivity index is 2.10. The molecule has 2 rings (SSSR count). The van der Waals surface area contributed by atoms with Gasteiger partial charge < -0.3 is 20.3 Å². The first kappa shape index (κ1) is 14.1. The molecule has 1 atom stereocenters. The van der Waals surface area contributed by atoms with E-state index in [4.69, 9.17) is 0 Å². The van der Waals surface area contributed by atoms with Crippen LogP contribution in [-0.4, -0.2) is 44.6 Å². The number of aromatic amines is 1. The Morgan fingerprint density at radius 1 is 1.60 bits per heavy atom. The second-order valence-corrected chi connectivity index (χ2v) is 4.98. The molecule has 0 radical (unpaired) electrons. The molecular weight excluding hydrogens is 260 g/mol. The van der Waals surface area contributed by atoms with Gasteiger partial charge in [-0.15, -0.1) is 0 Å². The number of carboxylic acids is 1. The van der Waals surface area contributed by atoms with Crippen molar-refractivity contribution in [1.29, 1.82) is 0 Å². The number of imidazole rings is 1. The summed E-state index contributed by atoms with van der Waals surface area (Å²) in [5.74, 6) is -1.02. The van der Waals surface area contributed by atoms with Crippen LogP contribution >= 0.6 is 0 Å². The molecule has 20 heavy (non-hydrogen) atoms. The number of carbonyl (C=O) groups excluding carboxylic acids is 1. The lowest BCUT2D eigenvalue weighted by Gasteiger charge is -2.32. The molecule has 0 aromatic carbocycles. The van der Waals surface area contributed by atoms with Crippen LogP contribution in [0.1, 0.15) is 25.2 Å². The van der Waals surface area contributed by atoms with E-state index < -0.39 is 12.0 Å². The van der Waals surface area contributed by atoms with Crippen LogP contribution in [0, 0.1) is 0 Å². The van der Waals surface area contributed by atoms with Crippen LogP contribution < -0.4 is 5.32 Å². The van der Waals surface area contributed by atoms with E-state index in [1.165, 1.54) is 11.2 Å². The number of aromatic nitrogens is 2. The summed E-state index contributed by atoms with van der Waals surface area (Å²) in [6.45, 7) is 4.49. The van der Waals surface area contributed by atoms with E-state index in [2.05, 4.69) is 15.3 Å². The van der Waals surface area contributed by atoms with Gasteiger partial charge in [-0.1, -0.05) is 11.6 Å². The Labute approximate surface area is 116 Å². The van der Waals surface area contributed by atoms with E-state index in [1.807, 2.05) is 19.9 Å². The summed E-state index contributed by atoms with van der Waals surface area (Å²) >= 11 is 0. The van der Waals surface area contributed by atoms with Gasteiger partial charge in [-0.25, -0.2) is 14.6 Å². The standard InChI is InChI=1S/C13H18N4O3/c1-8(2)3-4-14-13(20)17-6-10-9(15-7-16-10)5-11(17)12(18)19/h3,7,11H,4-6H2,1-2H3,(H,14,20)(H,15,16)(H,18,19). The lowest BCUT2D eigenvalue weighted by molar-refractivity contribution is -0.142. The fourth-order valence-corrected chi connectivity index (χ4v) is 2.11. The quantitative estimate of drug-likeness (QED) is 0.715. The number of carbonyl (C=O) groups is 2. The lowest BCUT2D eigenvalue weighted by atomic mass is 10.0. The van der Waals surface area contributed by atoms with Crippen molar-refractivity contribution in [2.24, 2.45) is 0 Å². The number of urea groups is 1. The van der Waals surface area contributed by atoms with Crippen molar-refractivity contribution >= 4 is 12.0 Å². The van der Waals surface area contributed by atoms with Gasteiger partial charge in [-0.3, -0.25) is 0 Å². The summed E-state index contributed by atoms with van der Waals surface area (Å²) in [5, 5.41) is 12.0. The first-order valence-corrected chi connectivity index (χ1v) is 6.40. The number of amides is 2. The van der Waals surface area contributed by atoms with Crippen LogP contribution in [-0.2, 0) is 17.8 Å². The zero-order valence-electron chi connectivity index (χ0n) is 11.5. The van der Waals surface area contributed by atoms with Gasteiger partial charge in [0.1, 0.15) is 6.04 Å². The van der Waals surface area contributed by atoms with Gasteiger partial charge in [0, 0.05) is 13.0 Å². The van der Waals surface area contributed by atoms with Crippen molar-refractivity contribution in [3.63, 3.8) is 0 Å². The molecule has 2 heterocycles. The average molecular weight is 278 g/mol. The first-order valence-electron chi connectivity index (χ1n) is 6.40. The normalized spacial score (nSPS) is 17.3. The summed E-state index contributed by atoms with van der Waals surface area (Å²) in [5.41, 5.74) is 2.60. The summed E-state index contributed by atoms with van der Waals surface area (Å²) in [6, 6.07) is -1.26. The number of rotatable bonds is 3. The number of nitrogens with one attached hydrogen (secondary N) is 2. The lowest BCUT2D eigenvalue weighted by Crippen LogP contribution is -2.52. The summed E-state index contributed by atoms with van der Waals surface area (Å²) < 4.78 is 0. The second-order valence-electron chi connectivity index (χ2n) is 4.98. The van der Waals surface area contributed by atoms with E-state index in [0.717, 1.165) is 11.3 Å². The van der Waals surface area contributed by atoms with Gasteiger partial charge in [-0.2, -0.15) is 0 Å². The Kier molecular flexibility index (Phi) is 4.07. The van der Waals surface area contributed by atoms with Gasteiger partial charge in [0.25, 0.3) is 0 Å². The van der Waals surface area contributed by atoms with E-state index >= 15 is 0 Å². The highest BCUT2D eigenvalue weighted by Gasteiger charge is 2.35. The average Bonchev–Trinajstić information content (AvgIpc) is 2.83. The molecule has 1 aromatic heterocycles. The Hall–Kier alpha value is -2.31. The predicted octanol–water partition coefficient (Wildman–Crippen LogP) is 0.897. The number of H-pyrrole nitrogens is 1. The van der Waals surface area contributed by atoms with Crippen molar-refractivity contribution in [1.82, 2.24) is 20.2 Å². The molecule has 7 heteroatoms. The molecule has 1 aromatic rings. The van der Waals surface area contributed by atoms with Gasteiger partial charge in [0.05, 0.1) is 24.3 Å². The SMILES string of the molecule is CC(C)=CCNC(=O)N1Cc2[nH]cnc2CC1C(=O)O. The van der Waals surface area contributed by atoms with Crippen molar-refractivity contribution in [3.05, 3.63) is 29.4 Å². The summed E-state index contributed by atoms with van der Waals surface area (Å²) in [4.78, 5) is 31.8. The molecule has 0 saturated heterocycles. The third-order valence-corrected chi connectivity index (χ3v) is 3.21. The van der Waals surface area contributed by atoms with E-state index in [9.17, 15) is 14.7 Å². The van der Waals surface area contributed by atoms with Crippen molar-refractivity contribution in [3.8, 4) is 0 Å². The molecule has 1 aliphatic heterocycles. The van der Waals surface area contributed by atoms with Crippen molar-refractivity contribution < 1.29 is 14.7 Å². The zero-order chi connectivity index (χ0) is 14.7. The number of hydrogen-bond acceptors (Lipinski definition) is 3. The summed E-state index contributed by atoms with van der Waals surface area (Å²) in [7, 11) is 0.